The summed E-state index contributed by atoms with van der Waals surface area (Å²) in [6, 6.07) is 3.55. The maximum Gasteiger partial charge on any atom is 0.129 e. The lowest BCUT2D eigenvalue weighted by atomic mass is 10.2. The van der Waals surface area contributed by atoms with Gasteiger partial charge in [-0.15, -0.1) is 0 Å². The van der Waals surface area contributed by atoms with Crippen LogP contribution in [0.15, 0.2) is 12.1 Å². The number of hydrogen-bond acceptors (Lipinski definition) is 3. The number of hydrogen-bond donors (Lipinski definition) is 0. The molecule has 1 aliphatic heterocycles. The van der Waals surface area contributed by atoms with Crippen molar-refractivity contribution in [2.75, 3.05) is 32.7 Å². The monoisotopic (exact) mass is 301 g/mol. The molecule has 1 fully saturated rings. The SMILES string of the molecule is CC(C)CN1CCN(Cc2nc(Cl)ccc2Cl)CC1. The Labute approximate surface area is 125 Å². The van der Waals surface area contributed by atoms with Gasteiger partial charge in [0.05, 0.1) is 10.7 Å². The average Bonchev–Trinajstić information content (AvgIpc) is 2.35. The summed E-state index contributed by atoms with van der Waals surface area (Å²) in [5, 5.41) is 1.21. The van der Waals surface area contributed by atoms with Crippen LogP contribution in [0.5, 0.6) is 0 Å². The number of rotatable bonds is 4. The quantitative estimate of drug-likeness (QED) is 0.796. The van der Waals surface area contributed by atoms with Crippen LogP contribution in [-0.2, 0) is 6.54 Å². The molecule has 0 unspecified atom stereocenters. The zero-order valence-electron chi connectivity index (χ0n) is 11.6. The minimum atomic E-state index is 0.512. The second kappa shape index (κ2) is 6.89. The molecule has 0 atom stereocenters. The van der Waals surface area contributed by atoms with E-state index in [4.69, 9.17) is 23.2 Å². The van der Waals surface area contributed by atoms with Crippen LogP contribution in [-0.4, -0.2) is 47.5 Å². The van der Waals surface area contributed by atoms with Crippen molar-refractivity contribution < 1.29 is 0 Å². The molecule has 1 saturated heterocycles. The van der Waals surface area contributed by atoms with Gasteiger partial charge in [-0.2, -0.15) is 0 Å². The Hall–Kier alpha value is -0.350. The molecule has 0 amide bonds. The molecule has 3 nitrogen and oxygen atoms in total. The standard InChI is InChI=1S/C14H21Cl2N3/c1-11(2)9-18-5-7-19(8-6-18)10-13-12(15)3-4-14(16)17-13/h3-4,11H,5-10H2,1-2H3. The first-order valence-corrected chi connectivity index (χ1v) is 7.56. The van der Waals surface area contributed by atoms with Crippen LogP contribution < -0.4 is 0 Å². The van der Waals surface area contributed by atoms with Crippen LogP contribution in [0.4, 0.5) is 0 Å². The van der Waals surface area contributed by atoms with Crippen molar-refractivity contribution in [1.29, 1.82) is 0 Å². The minimum absolute atomic E-state index is 0.512. The van der Waals surface area contributed by atoms with E-state index in [1.54, 1.807) is 6.07 Å². The van der Waals surface area contributed by atoms with Gasteiger partial charge in [0.25, 0.3) is 0 Å². The minimum Gasteiger partial charge on any atom is -0.301 e. The van der Waals surface area contributed by atoms with Crippen LogP contribution in [0.1, 0.15) is 19.5 Å². The normalized spacial score (nSPS) is 18.2. The maximum absolute atomic E-state index is 6.15. The van der Waals surface area contributed by atoms with Crippen molar-refractivity contribution >= 4 is 23.2 Å². The van der Waals surface area contributed by atoms with Crippen LogP contribution in [0.3, 0.4) is 0 Å². The fourth-order valence-electron chi connectivity index (χ4n) is 2.43. The van der Waals surface area contributed by atoms with Gasteiger partial charge in [0, 0.05) is 39.3 Å². The van der Waals surface area contributed by atoms with Crippen molar-refractivity contribution in [2.24, 2.45) is 5.92 Å². The first-order chi connectivity index (χ1) is 9.04. The lowest BCUT2D eigenvalue weighted by Crippen LogP contribution is -2.47. The molecule has 19 heavy (non-hydrogen) atoms. The van der Waals surface area contributed by atoms with Crippen LogP contribution in [0.2, 0.25) is 10.2 Å². The molecular formula is C14H21Cl2N3. The Kier molecular flexibility index (Phi) is 5.46. The number of nitrogens with zero attached hydrogens (tertiary/aromatic N) is 3. The van der Waals surface area contributed by atoms with E-state index in [1.807, 2.05) is 6.07 Å². The molecule has 1 aromatic rings. The Morgan fingerprint density at radius 1 is 1.11 bits per heavy atom. The lowest BCUT2D eigenvalue weighted by molar-refractivity contribution is 0.116. The third kappa shape index (κ3) is 4.60. The molecule has 0 aliphatic carbocycles. The highest BCUT2D eigenvalue weighted by Gasteiger charge is 2.18. The van der Waals surface area contributed by atoms with Gasteiger partial charge in [0.1, 0.15) is 5.15 Å². The molecule has 0 saturated carbocycles. The highest BCUT2D eigenvalue weighted by Crippen LogP contribution is 2.19. The van der Waals surface area contributed by atoms with Crippen molar-refractivity contribution in [3.05, 3.63) is 28.0 Å². The van der Waals surface area contributed by atoms with Crippen LogP contribution in [0, 0.1) is 5.92 Å². The van der Waals surface area contributed by atoms with Crippen molar-refractivity contribution in [2.45, 2.75) is 20.4 Å². The molecule has 2 rings (SSSR count). The summed E-state index contributed by atoms with van der Waals surface area (Å²) >= 11 is 12.1. The molecular weight excluding hydrogens is 281 g/mol. The van der Waals surface area contributed by atoms with E-state index in [-0.39, 0.29) is 0 Å². The van der Waals surface area contributed by atoms with Crippen molar-refractivity contribution in [3.8, 4) is 0 Å². The van der Waals surface area contributed by atoms with Crippen LogP contribution in [0.25, 0.3) is 0 Å². The van der Waals surface area contributed by atoms with Crippen molar-refractivity contribution in [3.63, 3.8) is 0 Å². The molecule has 0 bridgehead atoms. The number of halogens is 2. The summed E-state index contributed by atoms with van der Waals surface area (Å²) in [5.41, 5.74) is 0.881. The predicted molar refractivity (Wildman–Crippen MR) is 80.8 cm³/mol. The molecule has 0 aromatic carbocycles. The van der Waals surface area contributed by atoms with E-state index in [2.05, 4.69) is 28.6 Å². The second-order valence-electron chi connectivity index (χ2n) is 5.53. The Bertz CT molecular complexity index is 415. The first-order valence-electron chi connectivity index (χ1n) is 6.80. The van der Waals surface area contributed by atoms with E-state index in [0.717, 1.165) is 44.3 Å². The maximum atomic E-state index is 6.15. The van der Waals surface area contributed by atoms with E-state index in [1.165, 1.54) is 6.54 Å². The zero-order chi connectivity index (χ0) is 13.8. The topological polar surface area (TPSA) is 19.4 Å². The second-order valence-corrected chi connectivity index (χ2v) is 6.33. The van der Waals surface area contributed by atoms with E-state index >= 15 is 0 Å². The smallest absolute Gasteiger partial charge is 0.129 e. The summed E-state index contributed by atoms with van der Waals surface area (Å²) in [5.74, 6) is 0.732. The van der Waals surface area contributed by atoms with Gasteiger partial charge in [0.2, 0.25) is 0 Å². The Morgan fingerprint density at radius 2 is 1.74 bits per heavy atom. The van der Waals surface area contributed by atoms with Gasteiger partial charge in [-0.3, -0.25) is 4.90 Å². The molecule has 106 valence electrons. The number of aromatic nitrogens is 1. The lowest BCUT2D eigenvalue weighted by Gasteiger charge is -2.35. The van der Waals surface area contributed by atoms with Gasteiger partial charge in [-0.05, 0) is 18.1 Å². The average molecular weight is 302 g/mol. The number of pyridine rings is 1. The van der Waals surface area contributed by atoms with Gasteiger partial charge in [0.15, 0.2) is 0 Å². The summed E-state index contributed by atoms with van der Waals surface area (Å²) in [7, 11) is 0. The fourth-order valence-corrected chi connectivity index (χ4v) is 2.76. The van der Waals surface area contributed by atoms with Gasteiger partial charge in [-0.25, -0.2) is 4.98 Å². The zero-order valence-corrected chi connectivity index (χ0v) is 13.1. The van der Waals surface area contributed by atoms with Gasteiger partial charge in [-0.1, -0.05) is 37.0 Å². The molecule has 1 aliphatic rings. The highest BCUT2D eigenvalue weighted by atomic mass is 35.5. The predicted octanol–water partition coefficient (Wildman–Crippen LogP) is 3.16. The summed E-state index contributed by atoms with van der Waals surface area (Å²) in [6.45, 7) is 10.9. The molecule has 5 heteroatoms. The highest BCUT2D eigenvalue weighted by molar-refractivity contribution is 6.32. The third-order valence-electron chi connectivity index (χ3n) is 3.35. The first kappa shape index (κ1) is 15.0. The molecule has 0 N–H and O–H groups in total. The van der Waals surface area contributed by atoms with Crippen molar-refractivity contribution in [1.82, 2.24) is 14.8 Å². The van der Waals surface area contributed by atoms with Crippen LogP contribution >= 0.6 is 23.2 Å². The third-order valence-corrected chi connectivity index (χ3v) is 3.90. The Morgan fingerprint density at radius 3 is 2.37 bits per heavy atom. The fraction of sp³-hybridized carbons (Fsp3) is 0.643. The summed E-state index contributed by atoms with van der Waals surface area (Å²) in [6.07, 6.45) is 0. The van der Waals surface area contributed by atoms with Gasteiger partial charge >= 0.3 is 0 Å². The Balaban J connectivity index is 1.87. The molecule has 0 radical (unpaired) electrons. The largest absolute Gasteiger partial charge is 0.301 e. The summed E-state index contributed by atoms with van der Waals surface area (Å²) in [4.78, 5) is 9.22. The van der Waals surface area contributed by atoms with Gasteiger partial charge < -0.3 is 4.90 Å². The van der Waals surface area contributed by atoms with E-state index < -0.39 is 0 Å². The summed E-state index contributed by atoms with van der Waals surface area (Å²) < 4.78 is 0. The molecule has 1 aromatic heterocycles. The number of piperazine rings is 1. The van der Waals surface area contributed by atoms with E-state index in [9.17, 15) is 0 Å². The molecule has 2 heterocycles. The molecule has 0 spiro atoms. The van der Waals surface area contributed by atoms with E-state index in [0.29, 0.717) is 10.2 Å².